The molecule has 0 atom stereocenters. The molecule has 0 aliphatic rings. The average molecular weight is 282 g/mol. The molecule has 0 aromatic heterocycles. The van der Waals surface area contributed by atoms with Crippen molar-refractivity contribution < 1.29 is 9.47 Å². The van der Waals surface area contributed by atoms with E-state index in [0.717, 1.165) is 37.4 Å². The zero-order valence-corrected chi connectivity index (χ0v) is 12.4. The van der Waals surface area contributed by atoms with Gasteiger partial charge in [0, 0.05) is 20.2 Å². The molecule has 0 saturated heterocycles. The normalized spacial score (nSPS) is 10.7. The van der Waals surface area contributed by atoms with Gasteiger partial charge in [-0.15, -0.1) is 0 Å². The van der Waals surface area contributed by atoms with Gasteiger partial charge in [-0.25, -0.2) is 0 Å². The minimum Gasteiger partial charge on any atom is -0.493 e. The highest BCUT2D eigenvalue weighted by atomic mass is 32.1. The summed E-state index contributed by atoms with van der Waals surface area (Å²) in [6, 6.07) is 7.59. The van der Waals surface area contributed by atoms with E-state index in [4.69, 9.17) is 27.4 Å². The molecular weight excluding hydrogens is 260 g/mol. The second-order valence-corrected chi connectivity index (χ2v) is 4.80. The first-order chi connectivity index (χ1) is 9.15. The van der Waals surface area contributed by atoms with Gasteiger partial charge < -0.3 is 20.1 Å². The third-order valence-electron chi connectivity index (χ3n) is 2.77. The first kappa shape index (κ1) is 15.9. The summed E-state index contributed by atoms with van der Waals surface area (Å²) >= 11 is 4.99. The van der Waals surface area contributed by atoms with Crippen LogP contribution in [-0.4, -0.2) is 50.3 Å². The maximum Gasteiger partial charge on any atom is 0.129 e. The summed E-state index contributed by atoms with van der Waals surface area (Å²) in [5.41, 5.74) is 6.45. The largest absolute Gasteiger partial charge is 0.493 e. The number of rotatable bonds is 9. The van der Waals surface area contributed by atoms with Crippen molar-refractivity contribution in [1.82, 2.24) is 4.90 Å². The molecule has 0 spiro atoms. The van der Waals surface area contributed by atoms with Gasteiger partial charge in [-0.3, -0.25) is 0 Å². The highest BCUT2D eigenvalue weighted by Gasteiger charge is 2.05. The minimum absolute atomic E-state index is 0.368. The molecule has 5 heteroatoms. The quantitative estimate of drug-likeness (QED) is 0.551. The van der Waals surface area contributed by atoms with Gasteiger partial charge in [-0.2, -0.15) is 0 Å². The van der Waals surface area contributed by atoms with Crippen LogP contribution in [0.2, 0.25) is 0 Å². The number of thiocarbonyl (C=S) groups is 1. The lowest BCUT2D eigenvalue weighted by molar-refractivity contribution is 0.157. The van der Waals surface area contributed by atoms with E-state index in [1.165, 1.54) is 0 Å². The Kier molecular flexibility index (Phi) is 7.40. The number of nitrogens with two attached hydrogens (primary N) is 1. The molecule has 1 rings (SSSR count). The van der Waals surface area contributed by atoms with Crippen molar-refractivity contribution in [2.45, 2.75) is 6.42 Å². The molecule has 0 aliphatic heterocycles. The molecule has 1 aromatic rings. The van der Waals surface area contributed by atoms with Crippen molar-refractivity contribution in [3.8, 4) is 5.75 Å². The van der Waals surface area contributed by atoms with E-state index >= 15 is 0 Å². The zero-order valence-electron chi connectivity index (χ0n) is 11.6. The van der Waals surface area contributed by atoms with Crippen LogP contribution in [0.5, 0.6) is 5.75 Å². The molecule has 0 radical (unpaired) electrons. The fourth-order valence-electron chi connectivity index (χ4n) is 1.67. The number of ether oxygens (including phenoxy) is 2. The standard InChI is InChI=1S/C14H22N2O2S/c1-16(9-11-17-2)8-5-10-18-13-7-4-3-6-12(13)14(15)19/h3-4,6-7H,5,8-11H2,1-2H3,(H2,15,19). The average Bonchev–Trinajstić information content (AvgIpc) is 2.41. The van der Waals surface area contributed by atoms with Crippen molar-refractivity contribution in [3.63, 3.8) is 0 Å². The maximum atomic E-state index is 5.73. The van der Waals surface area contributed by atoms with Gasteiger partial charge in [0.25, 0.3) is 0 Å². The molecule has 1 aromatic carbocycles. The zero-order chi connectivity index (χ0) is 14.1. The minimum atomic E-state index is 0.368. The summed E-state index contributed by atoms with van der Waals surface area (Å²) < 4.78 is 10.8. The number of benzene rings is 1. The maximum absolute atomic E-state index is 5.73. The molecule has 0 heterocycles. The predicted molar refractivity (Wildman–Crippen MR) is 81.8 cm³/mol. The molecule has 2 N–H and O–H groups in total. The van der Waals surface area contributed by atoms with Crippen LogP contribution in [0.15, 0.2) is 24.3 Å². The van der Waals surface area contributed by atoms with Crippen LogP contribution in [0.4, 0.5) is 0 Å². The molecule has 0 unspecified atom stereocenters. The first-order valence-electron chi connectivity index (χ1n) is 6.34. The smallest absolute Gasteiger partial charge is 0.129 e. The van der Waals surface area contributed by atoms with Crippen molar-refractivity contribution in [1.29, 1.82) is 0 Å². The Bertz CT molecular complexity index is 399. The Labute approximate surface area is 120 Å². The monoisotopic (exact) mass is 282 g/mol. The van der Waals surface area contributed by atoms with Crippen molar-refractivity contribution >= 4 is 17.2 Å². The summed E-state index contributed by atoms with van der Waals surface area (Å²) in [5.74, 6) is 0.759. The Morgan fingerprint density at radius 2 is 2.00 bits per heavy atom. The second-order valence-electron chi connectivity index (χ2n) is 4.36. The molecule has 19 heavy (non-hydrogen) atoms. The second kappa shape index (κ2) is 8.85. The Morgan fingerprint density at radius 3 is 2.68 bits per heavy atom. The van der Waals surface area contributed by atoms with E-state index < -0.39 is 0 Å². The molecule has 0 amide bonds. The molecule has 0 fully saturated rings. The third kappa shape index (κ3) is 6.00. The van der Waals surface area contributed by atoms with Crippen LogP contribution in [0.25, 0.3) is 0 Å². The van der Waals surface area contributed by atoms with Crippen LogP contribution in [0.1, 0.15) is 12.0 Å². The fraction of sp³-hybridized carbons (Fsp3) is 0.500. The molecule has 4 nitrogen and oxygen atoms in total. The number of likely N-dealkylation sites (N-methyl/N-ethyl adjacent to an activating group) is 1. The SMILES string of the molecule is COCCN(C)CCCOc1ccccc1C(N)=S. The van der Waals surface area contributed by atoms with Crippen LogP contribution in [-0.2, 0) is 4.74 Å². The topological polar surface area (TPSA) is 47.7 Å². The number of hydrogen-bond acceptors (Lipinski definition) is 4. The van der Waals surface area contributed by atoms with E-state index in [9.17, 15) is 0 Å². The highest BCUT2D eigenvalue weighted by Crippen LogP contribution is 2.17. The van der Waals surface area contributed by atoms with Gasteiger partial charge in [0.1, 0.15) is 10.7 Å². The number of nitrogens with zero attached hydrogens (tertiary/aromatic N) is 1. The third-order valence-corrected chi connectivity index (χ3v) is 2.99. The molecule has 0 saturated carbocycles. The van der Waals surface area contributed by atoms with Crippen LogP contribution in [0.3, 0.4) is 0 Å². The summed E-state index contributed by atoms with van der Waals surface area (Å²) in [5, 5.41) is 0. The van der Waals surface area contributed by atoms with Gasteiger partial charge in [0.05, 0.1) is 18.8 Å². The molecule has 106 valence electrons. The summed E-state index contributed by atoms with van der Waals surface area (Å²) in [4.78, 5) is 2.58. The number of hydrogen-bond donors (Lipinski definition) is 1. The summed E-state index contributed by atoms with van der Waals surface area (Å²) in [7, 11) is 3.78. The van der Waals surface area contributed by atoms with E-state index in [-0.39, 0.29) is 0 Å². The molecule has 0 bridgehead atoms. The summed E-state index contributed by atoms with van der Waals surface area (Å²) in [6.07, 6.45) is 0.950. The van der Waals surface area contributed by atoms with E-state index in [1.54, 1.807) is 7.11 Å². The molecule has 0 aliphatic carbocycles. The summed E-state index contributed by atoms with van der Waals surface area (Å²) in [6.45, 7) is 3.30. The lowest BCUT2D eigenvalue weighted by Gasteiger charge is -2.16. The number of methoxy groups -OCH3 is 1. The molecular formula is C14H22N2O2S. The lowest BCUT2D eigenvalue weighted by atomic mass is 10.2. The Balaban J connectivity index is 2.31. The highest BCUT2D eigenvalue weighted by molar-refractivity contribution is 7.80. The van der Waals surface area contributed by atoms with Gasteiger partial charge >= 0.3 is 0 Å². The van der Waals surface area contributed by atoms with Crippen LogP contribution >= 0.6 is 12.2 Å². The predicted octanol–water partition coefficient (Wildman–Crippen LogP) is 1.67. The van der Waals surface area contributed by atoms with Crippen LogP contribution in [0, 0.1) is 0 Å². The van der Waals surface area contributed by atoms with Gasteiger partial charge in [-0.1, -0.05) is 24.4 Å². The van der Waals surface area contributed by atoms with Gasteiger partial charge in [0.2, 0.25) is 0 Å². The first-order valence-corrected chi connectivity index (χ1v) is 6.75. The van der Waals surface area contributed by atoms with Crippen molar-refractivity contribution in [3.05, 3.63) is 29.8 Å². The van der Waals surface area contributed by atoms with E-state index in [2.05, 4.69) is 11.9 Å². The Morgan fingerprint density at radius 1 is 1.26 bits per heavy atom. The van der Waals surface area contributed by atoms with E-state index in [1.807, 2.05) is 24.3 Å². The van der Waals surface area contributed by atoms with Crippen LogP contribution < -0.4 is 10.5 Å². The van der Waals surface area contributed by atoms with Crippen molar-refractivity contribution in [2.75, 3.05) is 40.5 Å². The van der Waals surface area contributed by atoms with Gasteiger partial charge in [0.15, 0.2) is 0 Å². The fourth-order valence-corrected chi connectivity index (χ4v) is 1.84. The van der Waals surface area contributed by atoms with Gasteiger partial charge in [-0.05, 0) is 25.6 Å². The Hall–Kier alpha value is -1.17. The lowest BCUT2D eigenvalue weighted by Crippen LogP contribution is -2.25. The van der Waals surface area contributed by atoms with Crippen molar-refractivity contribution in [2.24, 2.45) is 5.73 Å². The van der Waals surface area contributed by atoms with E-state index in [0.29, 0.717) is 11.6 Å². The number of para-hydroxylation sites is 1.